The largest absolute Gasteiger partial charge is 0.466 e. The zero-order valence-corrected chi connectivity index (χ0v) is 37.8. The highest BCUT2D eigenvalue weighted by molar-refractivity contribution is 5.76. The monoisotopic (exact) mass is 802 g/mol. The first kappa shape index (κ1) is 55.1. The fraction of sp³-hybridized carbons (Fsp3) is 0.843. The average molecular weight is 802 g/mol. The minimum absolute atomic E-state index is 0.0145. The Morgan fingerprint density at radius 2 is 0.860 bits per heavy atom. The molecule has 0 aliphatic heterocycles. The van der Waals surface area contributed by atoms with Crippen molar-refractivity contribution in [3.8, 4) is 0 Å². The molecule has 0 radical (unpaired) electrons. The van der Waals surface area contributed by atoms with Crippen molar-refractivity contribution >= 4 is 11.9 Å². The van der Waals surface area contributed by atoms with Gasteiger partial charge in [0.2, 0.25) is 5.91 Å². The first-order valence-corrected chi connectivity index (χ1v) is 24.8. The Labute approximate surface area is 353 Å². The number of unbranched alkanes of at least 4 members (excludes halogenated alkanes) is 31. The van der Waals surface area contributed by atoms with Crippen LogP contribution >= 0.6 is 0 Å². The summed E-state index contributed by atoms with van der Waals surface area (Å²) in [5.74, 6) is -0.0961. The van der Waals surface area contributed by atoms with Crippen molar-refractivity contribution in [3.63, 3.8) is 0 Å². The maximum absolute atomic E-state index is 12.3. The third-order valence-corrected chi connectivity index (χ3v) is 11.2. The number of carbonyl (C=O) groups is 2. The Hall–Kier alpha value is -1.92. The second-order valence-corrected chi connectivity index (χ2v) is 16.8. The van der Waals surface area contributed by atoms with Gasteiger partial charge in [-0.3, -0.25) is 9.59 Å². The summed E-state index contributed by atoms with van der Waals surface area (Å²) in [6.07, 6.45) is 55.8. The zero-order valence-electron chi connectivity index (χ0n) is 37.8. The van der Waals surface area contributed by atoms with Crippen LogP contribution in [0.5, 0.6) is 0 Å². The molecule has 0 heterocycles. The van der Waals surface area contributed by atoms with Crippen LogP contribution in [0.2, 0.25) is 0 Å². The standard InChI is InChI=1S/C51H95NO5/c1-3-5-7-9-11-13-14-25-29-33-37-41-45-51(56)57-46-42-38-34-30-26-23-21-19-17-15-16-18-20-22-24-28-32-36-40-44-50(55)52-48(47-53)49(54)43-39-35-31-27-12-10-8-6-4-2/h19,21,23,26,39,43,48-49,53-54H,3-18,20,22,24-25,27-38,40-42,44-47H2,1-2H3,(H,52,55)/b21-19-,26-23-,43-39+. The molecule has 334 valence electrons. The normalized spacial score (nSPS) is 13.0. The smallest absolute Gasteiger partial charge is 0.305 e. The summed E-state index contributed by atoms with van der Waals surface area (Å²) in [7, 11) is 0. The van der Waals surface area contributed by atoms with Crippen LogP contribution in [0.4, 0.5) is 0 Å². The molecule has 2 unspecified atom stereocenters. The molecule has 6 heteroatoms. The quantitative estimate of drug-likeness (QED) is 0.0247. The lowest BCUT2D eigenvalue weighted by Crippen LogP contribution is -2.45. The lowest BCUT2D eigenvalue weighted by Gasteiger charge is -2.20. The van der Waals surface area contributed by atoms with E-state index in [9.17, 15) is 19.8 Å². The molecule has 0 rings (SSSR count). The Morgan fingerprint density at radius 1 is 0.491 bits per heavy atom. The summed E-state index contributed by atoms with van der Waals surface area (Å²) in [6, 6.07) is -0.633. The van der Waals surface area contributed by atoms with Gasteiger partial charge in [0.1, 0.15) is 0 Å². The molecule has 2 atom stereocenters. The second-order valence-electron chi connectivity index (χ2n) is 16.8. The number of esters is 1. The number of amides is 1. The van der Waals surface area contributed by atoms with E-state index in [0.29, 0.717) is 19.4 Å². The van der Waals surface area contributed by atoms with Crippen molar-refractivity contribution in [1.29, 1.82) is 0 Å². The maximum Gasteiger partial charge on any atom is 0.305 e. The fourth-order valence-electron chi connectivity index (χ4n) is 7.33. The number of hydrogen-bond acceptors (Lipinski definition) is 5. The summed E-state index contributed by atoms with van der Waals surface area (Å²) < 4.78 is 5.43. The summed E-state index contributed by atoms with van der Waals surface area (Å²) in [5, 5.41) is 22.9. The molecule has 0 aliphatic carbocycles. The fourth-order valence-corrected chi connectivity index (χ4v) is 7.33. The van der Waals surface area contributed by atoms with Gasteiger partial charge in [0.15, 0.2) is 0 Å². The lowest BCUT2D eigenvalue weighted by molar-refractivity contribution is -0.143. The Bertz CT molecular complexity index is 931. The summed E-state index contributed by atoms with van der Waals surface area (Å²) in [4.78, 5) is 24.3. The molecule has 0 fully saturated rings. The first-order chi connectivity index (χ1) is 28.0. The summed E-state index contributed by atoms with van der Waals surface area (Å²) in [6.45, 7) is 4.82. The maximum atomic E-state index is 12.3. The SMILES string of the molecule is CCCCCCCCC/C=C/C(O)C(CO)NC(=O)CCCCCCCCCCCC/C=C\C=C/CCCCCOC(=O)CCCCCCCCCCCCCC. The Balaban J connectivity index is 3.49. The molecule has 0 aliphatic rings. The number of aliphatic hydroxyl groups is 2. The number of rotatable bonds is 45. The van der Waals surface area contributed by atoms with Crippen LogP contribution in [-0.2, 0) is 14.3 Å². The van der Waals surface area contributed by atoms with E-state index in [-0.39, 0.29) is 18.5 Å². The van der Waals surface area contributed by atoms with Crippen LogP contribution in [0.3, 0.4) is 0 Å². The van der Waals surface area contributed by atoms with Crippen molar-refractivity contribution in [2.24, 2.45) is 0 Å². The van der Waals surface area contributed by atoms with Crippen molar-refractivity contribution in [2.75, 3.05) is 13.2 Å². The average Bonchev–Trinajstić information content (AvgIpc) is 3.21. The van der Waals surface area contributed by atoms with Crippen LogP contribution in [-0.4, -0.2) is 47.4 Å². The molecule has 1 amide bonds. The molecule has 0 aromatic carbocycles. The number of hydrogen-bond donors (Lipinski definition) is 3. The predicted molar refractivity (Wildman–Crippen MR) is 246 cm³/mol. The van der Waals surface area contributed by atoms with E-state index in [1.807, 2.05) is 6.08 Å². The lowest BCUT2D eigenvalue weighted by atomic mass is 10.0. The predicted octanol–water partition coefficient (Wildman–Crippen LogP) is 14.5. The van der Waals surface area contributed by atoms with Crippen LogP contribution in [0.1, 0.15) is 251 Å². The van der Waals surface area contributed by atoms with Crippen LogP contribution < -0.4 is 5.32 Å². The highest BCUT2D eigenvalue weighted by Gasteiger charge is 2.18. The van der Waals surface area contributed by atoms with Gasteiger partial charge in [-0.1, -0.05) is 211 Å². The van der Waals surface area contributed by atoms with Gasteiger partial charge in [-0.15, -0.1) is 0 Å². The van der Waals surface area contributed by atoms with Crippen LogP contribution in [0.25, 0.3) is 0 Å². The third kappa shape index (κ3) is 43.5. The van der Waals surface area contributed by atoms with Gasteiger partial charge < -0.3 is 20.3 Å². The molecule has 3 N–H and O–H groups in total. The highest BCUT2D eigenvalue weighted by atomic mass is 16.5. The van der Waals surface area contributed by atoms with Gasteiger partial charge in [0.05, 0.1) is 25.4 Å². The molecule has 0 saturated carbocycles. The molecular formula is C51H95NO5. The van der Waals surface area contributed by atoms with Crippen molar-refractivity contribution in [2.45, 2.75) is 264 Å². The van der Waals surface area contributed by atoms with Gasteiger partial charge in [0.25, 0.3) is 0 Å². The van der Waals surface area contributed by atoms with Gasteiger partial charge >= 0.3 is 5.97 Å². The van der Waals surface area contributed by atoms with Crippen molar-refractivity contribution in [1.82, 2.24) is 5.32 Å². The van der Waals surface area contributed by atoms with Gasteiger partial charge in [-0.2, -0.15) is 0 Å². The first-order valence-electron chi connectivity index (χ1n) is 24.8. The molecule has 0 aromatic heterocycles. The van der Waals surface area contributed by atoms with Gasteiger partial charge in [-0.25, -0.2) is 0 Å². The Morgan fingerprint density at radius 3 is 1.30 bits per heavy atom. The van der Waals surface area contributed by atoms with E-state index in [4.69, 9.17) is 4.74 Å². The van der Waals surface area contributed by atoms with Gasteiger partial charge in [0, 0.05) is 12.8 Å². The minimum Gasteiger partial charge on any atom is -0.466 e. The van der Waals surface area contributed by atoms with Crippen LogP contribution in [0, 0.1) is 0 Å². The topological polar surface area (TPSA) is 95.9 Å². The third-order valence-electron chi connectivity index (χ3n) is 11.2. The Kier molecular flexibility index (Phi) is 45.2. The van der Waals surface area contributed by atoms with Crippen LogP contribution in [0.15, 0.2) is 36.5 Å². The number of aliphatic hydroxyl groups excluding tert-OH is 2. The second kappa shape index (κ2) is 46.8. The molecular weight excluding hydrogens is 707 g/mol. The minimum atomic E-state index is -0.848. The molecule has 0 spiro atoms. The van der Waals surface area contributed by atoms with E-state index < -0.39 is 12.1 Å². The number of nitrogens with one attached hydrogen (secondary N) is 1. The van der Waals surface area contributed by atoms with Gasteiger partial charge in [-0.05, 0) is 64.2 Å². The molecule has 0 saturated heterocycles. The summed E-state index contributed by atoms with van der Waals surface area (Å²) in [5.41, 5.74) is 0. The molecule has 0 bridgehead atoms. The number of ether oxygens (including phenoxy) is 1. The van der Waals surface area contributed by atoms with E-state index >= 15 is 0 Å². The van der Waals surface area contributed by atoms with Crippen molar-refractivity contribution in [3.05, 3.63) is 36.5 Å². The molecule has 0 aromatic rings. The van der Waals surface area contributed by atoms with E-state index in [1.165, 1.54) is 148 Å². The molecule has 57 heavy (non-hydrogen) atoms. The molecule has 6 nitrogen and oxygen atoms in total. The zero-order chi connectivity index (χ0) is 41.5. The van der Waals surface area contributed by atoms with E-state index in [2.05, 4.69) is 43.5 Å². The van der Waals surface area contributed by atoms with E-state index in [1.54, 1.807) is 6.08 Å². The number of carbonyl (C=O) groups excluding carboxylic acids is 2. The van der Waals surface area contributed by atoms with Crippen molar-refractivity contribution < 1.29 is 24.5 Å². The van der Waals surface area contributed by atoms with E-state index in [0.717, 1.165) is 77.0 Å². The highest BCUT2D eigenvalue weighted by Crippen LogP contribution is 2.15. The summed E-state index contributed by atoms with van der Waals surface area (Å²) >= 11 is 0. The number of allylic oxidation sites excluding steroid dienone is 5.